The molecule has 0 spiro atoms. The quantitative estimate of drug-likeness (QED) is 0.619. The molecule has 0 atom stereocenters. The number of esters is 1. The van der Waals surface area contributed by atoms with Crippen LogP contribution in [-0.4, -0.2) is 61.7 Å². The van der Waals surface area contributed by atoms with E-state index >= 15 is 0 Å². The van der Waals surface area contributed by atoms with Crippen molar-refractivity contribution in [1.29, 1.82) is 0 Å². The average molecular weight is 410 g/mol. The molecule has 3 rings (SSSR count). The maximum absolute atomic E-state index is 12.9. The van der Waals surface area contributed by atoms with Crippen molar-refractivity contribution in [3.05, 3.63) is 24.0 Å². The minimum absolute atomic E-state index is 0.238. The number of aromatic nitrogens is 2. The maximum atomic E-state index is 12.9. The number of morpholine rings is 1. The van der Waals surface area contributed by atoms with Gasteiger partial charge >= 0.3 is 5.97 Å². The summed E-state index contributed by atoms with van der Waals surface area (Å²) in [5, 5.41) is 0. The van der Waals surface area contributed by atoms with E-state index in [1.54, 1.807) is 12.1 Å². The Kier molecular flexibility index (Phi) is 6.69. The zero-order valence-electron chi connectivity index (χ0n) is 16.4. The molecule has 0 N–H and O–H groups in total. The fourth-order valence-electron chi connectivity index (χ4n) is 3.33. The lowest BCUT2D eigenvalue weighted by molar-refractivity contribution is -0.140. The molecule has 0 radical (unpaired) electrons. The van der Waals surface area contributed by atoms with Gasteiger partial charge in [-0.3, -0.25) is 4.79 Å². The summed E-state index contributed by atoms with van der Waals surface area (Å²) >= 11 is 0. The van der Waals surface area contributed by atoms with Crippen molar-refractivity contribution in [3.8, 4) is 0 Å². The molecule has 154 valence electrons. The summed E-state index contributed by atoms with van der Waals surface area (Å²) in [7, 11) is -2.21. The summed E-state index contributed by atoms with van der Waals surface area (Å²) in [5.74, 6) is 0.486. The highest BCUT2D eigenvalue weighted by atomic mass is 32.2. The molecule has 28 heavy (non-hydrogen) atoms. The van der Waals surface area contributed by atoms with Crippen LogP contribution in [0.25, 0.3) is 11.0 Å². The summed E-state index contributed by atoms with van der Waals surface area (Å²) in [4.78, 5) is 16.4. The molecule has 1 aliphatic rings. The summed E-state index contributed by atoms with van der Waals surface area (Å²) < 4.78 is 39.4. The molecule has 9 heteroatoms. The Labute approximate surface area is 165 Å². The molecular weight excluding hydrogens is 382 g/mol. The molecule has 1 aromatic heterocycles. The summed E-state index contributed by atoms with van der Waals surface area (Å²) in [6, 6.07) is 5.08. The molecule has 1 aromatic carbocycles. The van der Waals surface area contributed by atoms with Crippen molar-refractivity contribution < 1.29 is 22.7 Å². The van der Waals surface area contributed by atoms with Crippen molar-refractivity contribution in [2.75, 3.05) is 33.4 Å². The first kappa shape index (κ1) is 20.8. The fraction of sp³-hybridized carbons (Fsp3) is 0.579. The number of benzene rings is 1. The number of nitrogens with zero attached hydrogens (tertiary/aromatic N) is 3. The molecular formula is C19H27N3O5S. The van der Waals surface area contributed by atoms with Crippen LogP contribution in [0.5, 0.6) is 0 Å². The van der Waals surface area contributed by atoms with Crippen LogP contribution < -0.4 is 0 Å². The number of aryl methyl sites for hydroxylation is 2. The first-order valence-corrected chi connectivity index (χ1v) is 11.0. The Hall–Kier alpha value is -1.97. The number of sulfonamides is 1. The van der Waals surface area contributed by atoms with Gasteiger partial charge in [0.1, 0.15) is 5.82 Å². The Morgan fingerprint density at radius 1 is 1.29 bits per heavy atom. The minimum atomic E-state index is -3.57. The standard InChI is InChI=1S/C19H27N3O5S/c1-3-4-9-22-17-6-5-15(28(24,25)21-10-12-27-13-11-21)14-16(17)20-18(22)7-8-19(23)26-2/h5-6,14H,3-4,7-13H2,1-2H3. The van der Waals surface area contributed by atoms with Crippen LogP contribution in [0.2, 0.25) is 0 Å². The second-order valence-electron chi connectivity index (χ2n) is 6.78. The van der Waals surface area contributed by atoms with E-state index in [1.165, 1.54) is 11.4 Å². The van der Waals surface area contributed by atoms with Crippen molar-refractivity contribution in [1.82, 2.24) is 13.9 Å². The molecule has 0 aliphatic carbocycles. The minimum Gasteiger partial charge on any atom is -0.469 e. The molecule has 0 bridgehead atoms. The van der Waals surface area contributed by atoms with E-state index in [-0.39, 0.29) is 17.3 Å². The van der Waals surface area contributed by atoms with E-state index in [1.807, 2.05) is 6.07 Å². The second-order valence-corrected chi connectivity index (χ2v) is 8.71. The predicted octanol–water partition coefficient (Wildman–Crippen LogP) is 1.96. The zero-order valence-corrected chi connectivity index (χ0v) is 17.2. The topological polar surface area (TPSA) is 90.7 Å². The number of methoxy groups -OCH3 is 1. The number of fused-ring (bicyclic) bond motifs is 1. The van der Waals surface area contributed by atoms with Gasteiger partial charge in [-0.1, -0.05) is 13.3 Å². The number of hydrogen-bond donors (Lipinski definition) is 0. The lowest BCUT2D eigenvalue weighted by atomic mass is 10.2. The first-order valence-electron chi connectivity index (χ1n) is 9.61. The average Bonchev–Trinajstić information content (AvgIpc) is 3.07. The largest absolute Gasteiger partial charge is 0.469 e. The Bertz CT molecular complexity index is 932. The van der Waals surface area contributed by atoms with Gasteiger partial charge in [0.2, 0.25) is 10.0 Å². The van der Waals surface area contributed by atoms with Crippen molar-refractivity contribution in [2.24, 2.45) is 0 Å². The second kappa shape index (κ2) is 9.02. The summed E-state index contributed by atoms with van der Waals surface area (Å²) in [6.45, 7) is 4.42. The van der Waals surface area contributed by atoms with E-state index in [0.717, 1.165) is 30.7 Å². The highest BCUT2D eigenvalue weighted by molar-refractivity contribution is 7.89. The van der Waals surface area contributed by atoms with Gasteiger partial charge in [-0.2, -0.15) is 4.31 Å². The van der Waals surface area contributed by atoms with Gasteiger partial charge in [0.15, 0.2) is 0 Å². The summed E-state index contributed by atoms with van der Waals surface area (Å²) in [5.41, 5.74) is 1.51. The Morgan fingerprint density at radius 2 is 2.04 bits per heavy atom. The molecule has 8 nitrogen and oxygen atoms in total. The monoisotopic (exact) mass is 409 g/mol. The van der Waals surface area contributed by atoms with Gasteiger partial charge in [0.05, 0.1) is 42.7 Å². The van der Waals surface area contributed by atoms with Crippen molar-refractivity contribution in [2.45, 2.75) is 44.0 Å². The number of carbonyl (C=O) groups is 1. The van der Waals surface area contributed by atoms with E-state index in [2.05, 4.69) is 16.5 Å². The molecule has 2 heterocycles. The lowest BCUT2D eigenvalue weighted by Gasteiger charge is -2.26. The molecule has 0 unspecified atom stereocenters. The number of unbranched alkanes of at least 4 members (excludes halogenated alkanes) is 1. The van der Waals surface area contributed by atoms with Gasteiger partial charge < -0.3 is 14.0 Å². The van der Waals surface area contributed by atoms with Crippen molar-refractivity contribution in [3.63, 3.8) is 0 Å². The van der Waals surface area contributed by atoms with Crippen LogP contribution in [0.4, 0.5) is 0 Å². The Balaban J connectivity index is 1.95. The van der Waals surface area contributed by atoms with E-state index in [9.17, 15) is 13.2 Å². The normalized spacial score (nSPS) is 15.8. The van der Waals surface area contributed by atoms with Crippen LogP contribution in [0, 0.1) is 0 Å². The SMILES string of the molecule is CCCCn1c(CCC(=O)OC)nc2cc(S(=O)(=O)N3CCOCC3)ccc21. The third kappa shape index (κ3) is 4.37. The number of carbonyl (C=O) groups excluding carboxylic acids is 1. The number of rotatable bonds is 8. The molecule has 1 fully saturated rings. The highest BCUT2D eigenvalue weighted by Gasteiger charge is 2.27. The molecule has 0 saturated carbocycles. The fourth-order valence-corrected chi connectivity index (χ4v) is 4.76. The first-order chi connectivity index (χ1) is 13.5. The van der Waals surface area contributed by atoms with Gasteiger partial charge in [0, 0.05) is 26.1 Å². The van der Waals surface area contributed by atoms with Crippen LogP contribution in [0.15, 0.2) is 23.1 Å². The molecule has 1 aliphatic heterocycles. The molecule has 2 aromatic rings. The molecule has 0 amide bonds. The maximum Gasteiger partial charge on any atom is 0.305 e. The third-order valence-corrected chi connectivity index (χ3v) is 6.82. The predicted molar refractivity (Wildman–Crippen MR) is 105 cm³/mol. The van der Waals surface area contributed by atoms with Crippen LogP contribution >= 0.6 is 0 Å². The zero-order chi connectivity index (χ0) is 20.1. The van der Waals surface area contributed by atoms with Crippen LogP contribution in [0.3, 0.4) is 0 Å². The van der Waals surface area contributed by atoms with E-state index in [0.29, 0.717) is 38.2 Å². The van der Waals surface area contributed by atoms with Crippen LogP contribution in [-0.2, 0) is 37.3 Å². The van der Waals surface area contributed by atoms with E-state index in [4.69, 9.17) is 9.47 Å². The van der Waals surface area contributed by atoms with Gasteiger partial charge in [-0.15, -0.1) is 0 Å². The molecule has 1 saturated heterocycles. The Morgan fingerprint density at radius 3 is 2.71 bits per heavy atom. The van der Waals surface area contributed by atoms with Gasteiger partial charge in [-0.25, -0.2) is 13.4 Å². The number of imidazole rings is 1. The van der Waals surface area contributed by atoms with Gasteiger partial charge in [-0.05, 0) is 24.6 Å². The highest BCUT2D eigenvalue weighted by Crippen LogP contribution is 2.24. The van der Waals surface area contributed by atoms with E-state index < -0.39 is 10.0 Å². The number of ether oxygens (including phenoxy) is 2. The lowest BCUT2D eigenvalue weighted by Crippen LogP contribution is -2.40. The van der Waals surface area contributed by atoms with Gasteiger partial charge in [0.25, 0.3) is 0 Å². The smallest absolute Gasteiger partial charge is 0.305 e. The summed E-state index contributed by atoms with van der Waals surface area (Å²) in [6.07, 6.45) is 2.70. The van der Waals surface area contributed by atoms with Crippen molar-refractivity contribution >= 4 is 27.0 Å². The van der Waals surface area contributed by atoms with Crippen LogP contribution in [0.1, 0.15) is 32.0 Å². The third-order valence-electron chi connectivity index (χ3n) is 4.92. The number of hydrogen-bond acceptors (Lipinski definition) is 6.